The van der Waals surface area contributed by atoms with Crippen molar-refractivity contribution in [3.05, 3.63) is 59.9 Å². The average Bonchev–Trinajstić information content (AvgIpc) is 2.74. The summed E-state index contributed by atoms with van der Waals surface area (Å²) in [5.74, 6) is 0.460. The van der Waals surface area contributed by atoms with Crippen LogP contribution in [0.15, 0.2) is 53.4 Å². The number of fused-ring (bicyclic) bond motifs is 1. The quantitative estimate of drug-likeness (QED) is 0.708. The minimum atomic E-state index is -3.62. The molecular weight excluding hydrogens is 415 g/mol. The van der Waals surface area contributed by atoms with E-state index in [2.05, 4.69) is 18.7 Å². The Labute approximate surface area is 184 Å². The van der Waals surface area contributed by atoms with Crippen molar-refractivity contribution < 1.29 is 17.5 Å². The molecule has 168 valence electrons. The van der Waals surface area contributed by atoms with E-state index in [1.165, 1.54) is 12.1 Å². The first-order chi connectivity index (χ1) is 14.8. The summed E-state index contributed by atoms with van der Waals surface area (Å²) in [6.07, 6.45) is 1.72. The Kier molecular flexibility index (Phi) is 6.37. The molecule has 4 rings (SSSR count). The summed E-state index contributed by atoms with van der Waals surface area (Å²) < 4.78 is 47.9. The number of nitrogens with zero attached hydrogens (tertiary/aromatic N) is 2. The number of para-hydroxylation sites is 1. The Balaban J connectivity index is 1.54. The van der Waals surface area contributed by atoms with Gasteiger partial charge in [0.15, 0.2) is 0 Å². The van der Waals surface area contributed by atoms with Crippen LogP contribution < -0.4 is 4.74 Å². The maximum Gasteiger partial charge on any atom is 0.246 e. The Morgan fingerprint density at radius 2 is 1.74 bits per heavy atom. The van der Waals surface area contributed by atoms with Gasteiger partial charge in [0.2, 0.25) is 10.0 Å². The number of ether oxygens (including phenoxy) is 1. The van der Waals surface area contributed by atoms with Crippen LogP contribution in [0.2, 0.25) is 0 Å². The van der Waals surface area contributed by atoms with Crippen molar-refractivity contribution in [1.82, 2.24) is 9.21 Å². The van der Waals surface area contributed by atoms with Gasteiger partial charge in [-0.05, 0) is 61.7 Å². The first-order valence-corrected chi connectivity index (χ1v) is 12.4. The largest absolute Gasteiger partial charge is 0.492 e. The van der Waals surface area contributed by atoms with Gasteiger partial charge < -0.3 is 4.74 Å². The normalized spacial score (nSPS) is 21.3. The molecule has 0 radical (unpaired) electrons. The molecule has 1 spiro atoms. The number of piperidine rings is 1. The highest BCUT2D eigenvalue weighted by Gasteiger charge is 2.42. The van der Waals surface area contributed by atoms with Gasteiger partial charge in [-0.25, -0.2) is 12.8 Å². The summed E-state index contributed by atoms with van der Waals surface area (Å²) in [6.45, 7) is 8.08. The lowest BCUT2D eigenvalue weighted by atomic mass is 9.78. The Bertz CT molecular complexity index is 1000. The zero-order valence-electron chi connectivity index (χ0n) is 18.3. The standard InChI is InChI=1S/C24H31FN2O3S/c1-19(2)15-27-17-24(18-30-22-5-3-4-6-23(22)31(27,28)29)11-13-26(14-12-24)16-20-7-9-21(25)10-8-20/h3-10,19H,11-18H2,1-2H3. The molecule has 2 aromatic rings. The van der Waals surface area contributed by atoms with Gasteiger partial charge in [-0.1, -0.05) is 38.1 Å². The zero-order chi connectivity index (χ0) is 22.1. The second kappa shape index (κ2) is 8.88. The lowest BCUT2D eigenvalue weighted by Crippen LogP contribution is -2.52. The van der Waals surface area contributed by atoms with E-state index < -0.39 is 10.0 Å². The maximum atomic E-state index is 13.5. The van der Waals surface area contributed by atoms with Gasteiger partial charge in [0.1, 0.15) is 16.5 Å². The van der Waals surface area contributed by atoms with Crippen LogP contribution in [0.5, 0.6) is 5.75 Å². The Morgan fingerprint density at radius 3 is 2.42 bits per heavy atom. The Hall–Kier alpha value is -1.96. The van der Waals surface area contributed by atoms with Crippen molar-refractivity contribution in [3.63, 3.8) is 0 Å². The first-order valence-electron chi connectivity index (χ1n) is 11.0. The monoisotopic (exact) mass is 446 g/mol. The van der Waals surface area contributed by atoms with E-state index >= 15 is 0 Å². The molecule has 5 nitrogen and oxygen atoms in total. The third-order valence-corrected chi connectivity index (χ3v) is 8.17. The van der Waals surface area contributed by atoms with Crippen LogP contribution in [0, 0.1) is 17.2 Å². The first kappa shape index (κ1) is 22.2. The van der Waals surface area contributed by atoms with Crippen molar-refractivity contribution in [3.8, 4) is 5.75 Å². The van der Waals surface area contributed by atoms with Crippen LogP contribution in [-0.2, 0) is 16.6 Å². The molecule has 0 unspecified atom stereocenters. The molecule has 0 amide bonds. The summed E-state index contributed by atoms with van der Waals surface area (Å²) in [6, 6.07) is 13.6. The van der Waals surface area contributed by atoms with Crippen LogP contribution in [0.4, 0.5) is 4.39 Å². The van der Waals surface area contributed by atoms with E-state index in [1.807, 2.05) is 18.2 Å². The third kappa shape index (κ3) is 4.94. The number of hydrogen-bond acceptors (Lipinski definition) is 4. The van der Waals surface area contributed by atoms with E-state index in [4.69, 9.17) is 4.74 Å². The highest BCUT2D eigenvalue weighted by atomic mass is 32.2. The van der Waals surface area contributed by atoms with Crippen LogP contribution in [0.1, 0.15) is 32.3 Å². The number of benzene rings is 2. The second-order valence-corrected chi connectivity index (χ2v) is 11.2. The fraction of sp³-hybridized carbons (Fsp3) is 0.500. The van der Waals surface area contributed by atoms with Crippen molar-refractivity contribution in [2.24, 2.45) is 11.3 Å². The highest BCUT2D eigenvalue weighted by Crippen LogP contribution is 2.39. The summed E-state index contributed by atoms with van der Waals surface area (Å²) >= 11 is 0. The van der Waals surface area contributed by atoms with Crippen molar-refractivity contribution in [2.75, 3.05) is 32.8 Å². The van der Waals surface area contributed by atoms with E-state index in [9.17, 15) is 12.8 Å². The Morgan fingerprint density at radius 1 is 1.06 bits per heavy atom. The van der Waals surface area contributed by atoms with Crippen molar-refractivity contribution in [2.45, 2.75) is 38.1 Å². The molecule has 2 heterocycles. The second-order valence-electron chi connectivity index (χ2n) is 9.33. The molecule has 0 aliphatic carbocycles. The third-order valence-electron chi connectivity index (χ3n) is 6.32. The van der Waals surface area contributed by atoms with Gasteiger partial charge in [-0.3, -0.25) is 4.90 Å². The molecule has 0 saturated carbocycles. The molecular formula is C24H31FN2O3S. The van der Waals surface area contributed by atoms with Crippen LogP contribution in [0.25, 0.3) is 0 Å². The van der Waals surface area contributed by atoms with Gasteiger partial charge in [0.25, 0.3) is 0 Å². The summed E-state index contributed by atoms with van der Waals surface area (Å²) in [7, 11) is -3.62. The fourth-order valence-electron chi connectivity index (χ4n) is 4.56. The minimum absolute atomic E-state index is 0.214. The van der Waals surface area contributed by atoms with Crippen LogP contribution >= 0.6 is 0 Å². The topological polar surface area (TPSA) is 49.9 Å². The molecule has 0 N–H and O–H groups in total. The number of halogens is 1. The van der Waals surface area contributed by atoms with Crippen LogP contribution in [0.3, 0.4) is 0 Å². The van der Waals surface area contributed by atoms with Crippen molar-refractivity contribution in [1.29, 1.82) is 0 Å². The van der Waals surface area contributed by atoms with E-state index in [0.717, 1.165) is 38.0 Å². The molecule has 2 aliphatic rings. The van der Waals surface area contributed by atoms with Gasteiger partial charge >= 0.3 is 0 Å². The van der Waals surface area contributed by atoms with E-state index in [-0.39, 0.29) is 22.0 Å². The van der Waals surface area contributed by atoms with Gasteiger partial charge in [0, 0.05) is 25.0 Å². The van der Waals surface area contributed by atoms with Crippen molar-refractivity contribution >= 4 is 10.0 Å². The minimum Gasteiger partial charge on any atom is -0.492 e. The molecule has 2 aliphatic heterocycles. The zero-order valence-corrected chi connectivity index (χ0v) is 19.1. The van der Waals surface area contributed by atoms with Gasteiger partial charge in [-0.15, -0.1) is 0 Å². The maximum absolute atomic E-state index is 13.5. The molecule has 0 atom stereocenters. The predicted molar refractivity (Wildman–Crippen MR) is 119 cm³/mol. The lowest BCUT2D eigenvalue weighted by Gasteiger charge is -2.45. The number of hydrogen-bond donors (Lipinski definition) is 0. The van der Waals surface area contributed by atoms with E-state index in [0.29, 0.717) is 25.4 Å². The predicted octanol–water partition coefficient (Wildman–Crippen LogP) is 4.15. The SMILES string of the molecule is CC(C)CN1CC2(CCN(Cc3ccc(F)cc3)CC2)COc2ccccc2S1(=O)=O. The average molecular weight is 447 g/mol. The summed E-state index contributed by atoms with van der Waals surface area (Å²) in [4.78, 5) is 2.62. The molecule has 0 bridgehead atoms. The summed E-state index contributed by atoms with van der Waals surface area (Å²) in [5.41, 5.74) is 0.874. The molecule has 0 aromatic heterocycles. The molecule has 7 heteroatoms. The number of sulfonamides is 1. The molecule has 31 heavy (non-hydrogen) atoms. The molecule has 1 fully saturated rings. The van der Waals surface area contributed by atoms with Gasteiger partial charge in [-0.2, -0.15) is 4.31 Å². The van der Waals surface area contributed by atoms with Gasteiger partial charge in [0.05, 0.1) is 6.61 Å². The number of likely N-dealkylation sites (tertiary alicyclic amines) is 1. The number of rotatable bonds is 4. The smallest absolute Gasteiger partial charge is 0.246 e. The van der Waals surface area contributed by atoms with Crippen LogP contribution in [-0.4, -0.2) is 50.4 Å². The van der Waals surface area contributed by atoms with E-state index in [1.54, 1.807) is 22.5 Å². The fourth-order valence-corrected chi connectivity index (χ4v) is 6.41. The lowest BCUT2D eigenvalue weighted by molar-refractivity contribution is 0.0310. The highest BCUT2D eigenvalue weighted by molar-refractivity contribution is 7.89. The molecule has 1 saturated heterocycles. The summed E-state index contributed by atoms with van der Waals surface area (Å²) in [5, 5.41) is 0. The molecule has 2 aromatic carbocycles.